The number of aliphatic carboxylic acids is 1. The highest BCUT2D eigenvalue weighted by atomic mass is 32.2. The lowest BCUT2D eigenvalue weighted by atomic mass is 10.1. The summed E-state index contributed by atoms with van der Waals surface area (Å²) >= 11 is 0. The molecular formula is C10H17N3O4S. The molecule has 0 fully saturated rings. The molecule has 0 aliphatic carbocycles. The van der Waals surface area contributed by atoms with Gasteiger partial charge in [-0.3, -0.25) is 9.48 Å². The predicted molar refractivity (Wildman–Crippen MR) is 64.5 cm³/mol. The second kappa shape index (κ2) is 5.96. The SMILES string of the molecule is CCCC[C@H](NS(=O)(=O)c1cnn(C)c1)C(=O)O. The van der Waals surface area contributed by atoms with Gasteiger partial charge >= 0.3 is 5.97 Å². The lowest BCUT2D eigenvalue weighted by molar-refractivity contribution is -0.139. The van der Waals surface area contributed by atoms with E-state index in [2.05, 4.69) is 9.82 Å². The van der Waals surface area contributed by atoms with Crippen LogP contribution in [-0.2, 0) is 21.9 Å². The Morgan fingerprint density at radius 1 is 1.61 bits per heavy atom. The lowest BCUT2D eigenvalue weighted by Crippen LogP contribution is -2.40. The summed E-state index contributed by atoms with van der Waals surface area (Å²) in [6.07, 6.45) is 4.22. The fourth-order valence-corrected chi connectivity index (χ4v) is 2.64. The summed E-state index contributed by atoms with van der Waals surface area (Å²) in [4.78, 5) is 10.9. The molecule has 0 amide bonds. The summed E-state index contributed by atoms with van der Waals surface area (Å²) in [6.45, 7) is 1.91. The van der Waals surface area contributed by atoms with Crippen molar-refractivity contribution in [3.05, 3.63) is 12.4 Å². The number of carbonyl (C=O) groups is 1. The van der Waals surface area contributed by atoms with E-state index in [0.29, 0.717) is 6.42 Å². The normalized spacial score (nSPS) is 13.4. The quantitative estimate of drug-likeness (QED) is 0.747. The Bertz CT molecular complexity index is 509. The average Bonchev–Trinajstić information content (AvgIpc) is 2.71. The number of unbranched alkanes of at least 4 members (excludes halogenated alkanes) is 1. The summed E-state index contributed by atoms with van der Waals surface area (Å²) in [5.74, 6) is -1.17. The number of carboxylic acid groups (broad SMARTS) is 1. The number of hydrogen-bond donors (Lipinski definition) is 2. The van der Waals surface area contributed by atoms with Crippen LogP contribution in [0.2, 0.25) is 0 Å². The molecule has 18 heavy (non-hydrogen) atoms. The summed E-state index contributed by atoms with van der Waals surface area (Å²) < 4.78 is 27.3. The van der Waals surface area contributed by atoms with E-state index in [1.165, 1.54) is 17.1 Å². The molecule has 1 aromatic rings. The van der Waals surface area contributed by atoms with E-state index in [1.54, 1.807) is 7.05 Å². The van der Waals surface area contributed by atoms with Crippen molar-refractivity contribution in [3.63, 3.8) is 0 Å². The minimum absolute atomic E-state index is 0.0345. The van der Waals surface area contributed by atoms with Gasteiger partial charge in [-0.25, -0.2) is 8.42 Å². The highest BCUT2D eigenvalue weighted by Gasteiger charge is 2.25. The first-order valence-electron chi connectivity index (χ1n) is 5.60. The van der Waals surface area contributed by atoms with Crippen molar-refractivity contribution in [3.8, 4) is 0 Å². The van der Waals surface area contributed by atoms with Crippen LogP contribution in [-0.4, -0.2) is 35.3 Å². The van der Waals surface area contributed by atoms with Crippen molar-refractivity contribution < 1.29 is 18.3 Å². The van der Waals surface area contributed by atoms with Gasteiger partial charge in [0.15, 0.2) is 0 Å². The maximum atomic E-state index is 11.9. The van der Waals surface area contributed by atoms with Crippen LogP contribution in [0, 0.1) is 0 Å². The number of carboxylic acids is 1. The van der Waals surface area contributed by atoms with E-state index in [9.17, 15) is 13.2 Å². The molecule has 1 rings (SSSR count). The molecule has 0 aromatic carbocycles. The van der Waals surface area contributed by atoms with Crippen LogP contribution in [0.1, 0.15) is 26.2 Å². The Morgan fingerprint density at radius 3 is 2.72 bits per heavy atom. The Kier molecular flexibility index (Phi) is 4.85. The van der Waals surface area contributed by atoms with Crippen LogP contribution >= 0.6 is 0 Å². The first kappa shape index (κ1) is 14.7. The third-order valence-electron chi connectivity index (χ3n) is 2.43. The van der Waals surface area contributed by atoms with Crippen molar-refractivity contribution in [2.45, 2.75) is 37.1 Å². The van der Waals surface area contributed by atoms with Crippen LogP contribution in [0.25, 0.3) is 0 Å². The van der Waals surface area contributed by atoms with Crippen molar-refractivity contribution in [2.24, 2.45) is 7.05 Å². The van der Waals surface area contributed by atoms with Crippen LogP contribution in [0.4, 0.5) is 0 Å². The Balaban J connectivity index is 2.82. The van der Waals surface area contributed by atoms with Gasteiger partial charge in [-0.15, -0.1) is 0 Å². The number of hydrogen-bond acceptors (Lipinski definition) is 4. The molecule has 102 valence electrons. The summed E-state index contributed by atoms with van der Waals surface area (Å²) in [7, 11) is -2.24. The number of sulfonamides is 1. The molecular weight excluding hydrogens is 258 g/mol. The lowest BCUT2D eigenvalue weighted by Gasteiger charge is -2.13. The van der Waals surface area contributed by atoms with Crippen molar-refractivity contribution in [1.29, 1.82) is 0 Å². The van der Waals surface area contributed by atoms with E-state index in [-0.39, 0.29) is 11.3 Å². The molecule has 0 saturated heterocycles. The maximum Gasteiger partial charge on any atom is 0.321 e. The van der Waals surface area contributed by atoms with E-state index in [4.69, 9.17) is 5.11 Å². The second-order valence-corrected chi connectivity index (χ2v) is 5.72. The Morgan fingerprint density at radius 2 is 2.28 bits per heavy atom. The molecule has 1 aromatic heterocycles. The first-order valence-corrected chi connectivity index (χ1v) is 7.09. The average molecular weight is 275 g/mol. The monoisotopic (exact) mass is 275 g/mol. The minimum Gasteiger partial charge on any atom is -0.480 e. The zero-order valence-corrected chi connectivity index (χ0v) is 11.1. The van der Waals surface area contributed by atoms with Gasteiger partial charge in [-0.1, -0.05) is 19.8 Å². The maximum absolute atomic E-state index is 11.9. The standard InChI is InChI=1S/C10H17N3O4S/c1-3-4-5-9(10(14)15)12-18(16,17)8-6-11-13(2)7-8/h6-7,9,12H,3-5H2,1-2H3,(H,14,15)/t9-/m0/s1. The summed E-state index contributed by atoms with van der Waals surface area (Å²) in [5.41, 5.74) is 0. The molecule has 1 heterocycles. The highest BCUT2D eigenvalue weighted by molar-refractivity contribution is 7.89. The molecule has 0 aliphatic rings. The topological polar surface area (TPSA) is 101 Å². The molecule has 0 aliphatic heterocycles. The number of rotatable bonds is 7. The van der Waals surface area contributed by atoms with E-state index in [0.717, 1.165) is 6.42 Å². The second-order valence-electron chi connectivity index (χ2n) is 4.00. The summed E-state index contributed by atoms with van der Waals surface area (Å²) in [6, 6.07) is -1.10. The van der Waals surface area contributed by atoms with Crippen LogP contribution in [0.5, 0.6) is 0 Å². The van der Waals surface area contributed by atoms with Gasteiger partial charge < -0.3 is 5.11 Å². The fourth-order valence-electron chi connectivity index (χ4n) is 1.43. The van der Waals surface area contributed by atoms with Crippen LogP contribution < -0.4 is 4.72 Å². The van der Waals surface area contributed by atoms with E-state index < -0.39 is 22.0 Å². The first-order chi connectivity index (χ1) is 8.36. The highest BCUT2D eigenvalue weighted by Crippen LogP contribution is 2.09. The Hall–Kier alpha value is -1.41. The molecule has 7 nitrogen and oxygen atoms in total. The van der Waals surface area contributed by atoms with Gasteiger partial charge in [-0.05, 0) is 6.42 Å². The molecule has 0 saturated carbocycles. The van der Waals surface area contributed by atoms with Crippen LogP contribution in [0.15, 0.2) is 17.3 Å². The van der Waals surface area contributed by atoms with Crippen LogP contribution in [0.3, 0.4) is 0 Å². The molecule has 0 unspecified atom stereocenters. The zero-order chi connectivity index (χ0) is 13.8. The van der Waals surface area contributed by atoms with Crippen molar-refractivity contribution in [2.75, 3.05) is 0 Å². The van der Waals surface area contributed by atoms with Gasteiger partial charge in [0.25, 0.3) is 0 Å². The molecule has 0 bridgehead atoms. The third kappa shape index (κ3) is 3.81. The predicted octanol–water partition coefficient (Wildman–Crippen LogP) is 0.342. The van der Waals surface area contributed by atoms with Gasteiger partial charge in [0.2, 0.25) is 10.0 Å². The number of aromatic nitrogens is 2. The molecule has 8 heteroatoms. The number of aryl methyl sites for hydroxylation is 1. The minimum atomic E-state index is -3.83. The Labute approximate surface area is 106 Å². The smallest absolute Gasteiger partial charge is 0.321 e. The number of nitrogens with zero attached hydrogens (tertiary/aromatic N) is 2. The van der Waals surface area contributed by atoms with Gasteiger partial charge in [0.05, 0.1) is 6.20 Å². The fraction of sp³-hybridized carbons (Fsp3) is 0.600. The van der Waals surface area contributed by atoms with E-state index >= 15 is 0 Å². The molecule has 0 spiro atoms. The molecule has 0 radical (unpaired) electrons. The van der Waals surface area contributed by atoms with E-state index in [1.807, 2.05) is 6.92 Å². The molecule has 1 atom stereocenters. The van der Waals surface area contributed by atoms with Crippen molar-refractivity contribution >= 4 is 16.0 Å². The van der Waals surface area contributed by atoms with Gasteiger partial charge in [-0.2, -0.15) is 9.82 Å². The van der Waals surface area contributed by atoms with Gasteiger partial charge in [0.1, 0.15) is 10.9 Å². The summed E-state index contributed by atoms with van der Waals surface area (Å²) in [5, 5.41) is 12.7. The largest absolute Gasteiger partial charge is 0.480 e. The molecule has 2 N–H and O–H groups in total. The van der Waals surface area contributed by atoms with Gasteiger partial charge in [0, 0.05) is 13.2 Å². The number of nitrogens with one attached hydrogen (secondary N) is 1. The zero-order valence-electron chi connectivity index (χ0n) is 10.3. The van der Waals surface area contributed by atoms with Crippen molar-refractivity contribution in [1.82, 2.24) is 14.5 Å². The third-order valence-corrected chi connectivity index (χ3v) is 3.86.